The van der Waals surface area contributed by atoms with E-state index in [9.17, 15) is 9.59 Å². The van der Waals surface area contributed by atoms with Gasteiger partial charge in [-0.1, -0.05) is 60.0 Å². The Morgan fingerprint density at radius 1 is 0.974 bits per heavy atom. The van der Waals surface area contributed by atoms with Crippen LogP contribution in [0.25, 0.3) is 11.3 Å². The Kier molecular flexibility index (Phi) is 8.15. The van der Waals surface area contributed by atoms with Gasteiger partial charge in [-0.05, 0) is 55.7 Å². The van der Waals surface area contributed by atoms with Crippen molar-refractivity contribution in [3.05, 3.63) is 76.3 Å². The largest absolute Gasteiger partial charge is 0.352 e. The second-order valence-electron chi connectivity index (χ2n) is 9.95. The second kappa shape index (κ2) is 11.7. The van der Waals surface area contributed by atoms with E-state index in [1.807, 2.05) is 60.4 Å². The highest BCUT2D eigenvalue weighted by atomic mass is 35.5. The minimum Gasteiger partial charge on any atom is -0.352 e. The summed E-state index contributed by atoms with van der Waals surface area (Å²) in [6, 6.07) is 18.9. The quantitative estimate of drug-likeness (QED) is 0.388. The number of hydrogen-bond donors (Lipinski definition) is 0. The number of aromatic nitrogens is 2. The average Bonchev–Trinajstić information content (AvgIpc) is 2.91. The van der Waals surface area contributed by atoms with Crippen molar-refractivity contribution in [2.24, 2.45) is 5.92 Å². The molecule has 2 aliphatic rings. The van der Waals surface area contributed by atoms with E-state index in [-0.39, 0.29) is 30.3 Å². The fourth-order valence-electron chi connectivity index (χ4n) is 4.97. The maximum atomic E-state index is 13.3. The van der Waals surface area contributed by atoms with E-state index in [1.54, 1.807) is 17.0 Å². The molecule has 1 atom stereocenters. The minimum atomic E-state index is -0.155. The molecule has 1 aromatic heterocycles. The molecule has 1 saturated heterocycles. The monoisotopic (exact) mass is 551 g/mol. The summed E-state index contributed by atoms with van der Waals surface area (Å²) in [6.07, 6.45) is 2.90. The van der Waals surface area contributed by atoms with Crippen LogP contribution in [0, 0.1) is 5.92 Å². The van der Waals surface area contributed by atoms with Crippen LogP contribution in [0.4, 0.5) is 5.82 Å². The van der Waals surface area contributed by atoms with Gasteiger partial charge in [0.1, 0.15) is 6.54 Å². The summed E-state index contributed by atoms with van der Waals surface area (Å²) in [5.74, 6) is 0.871. The lowest BCUT2D eigenvalue weighted by atomic mass is 9.84. The zero-order valence-corrected chi connectivity index (χ0v) is 22.9. The fraction of sp³-hybridized carbons (Fsp3) is 0.379. The molecule has 2 amide bonds. The maximum Gasteiger partial charge on any atom is 0.242 e. The Labute approximate surface area is 233 Å². The van der Waals surface area contributed by atoms with Crippen molar-refractivity contribution in [1.29, 1.82) is 0 Å². The van der Waals surface area contributed by atoms with Gasteiger partial charge in [-0.25, -0.2) is 0 Å². The van der Waals surface area contributed by atoms with Crippen LogP contribution >= 0.6 is 23.2 Å². The molecule has 5 rings (SSSR count). The van der Waals surface area contributed by atoms with Crippen molar-refractivity contribution >= 4 is 40.8 Å². The average molecular weight is 553 g/mol. The Morgan fingerprint density at radius 3 is 2.32 bits per heavy atom. The number of rotatable bonds is 7. The second-order valence-corrected chi connectivity index (χ2v) is 10.8. The molecule has 1 aliphatic carbocycles. The van der Waals surface area contributed by atoms with E-state index in [0.717, 1.165) is 36.2 Å². The summed E-state index contributed by atoms with van der Waals surface area (Å²) >= 11 is 12.3. The van der Waals surface area contributed by atoms with Gasteiger partial charge in [0.15, 0.2) is 5.82 Å². The van der Waals surface area contributed by atoms with E-state index in [0.29, 0.717) is 41.9 Å². The molecule has 0 radical (unpaired) electrons. The molecule has 0 N–H and O–H groups in total. The van der Waals surface area contributed by atoms with Crippen LogP contribution in [-0.2, 0) is 9.59 Å². The van der Waals surface area contributed by atoms with Crippen molar-refractivity contribution in [2.45, 2.75) is 32.2 Å². The van der Waals surface area contributed by atoms with Crippen LogP contribution in [0.5, 0.6) is 0 Å². The molecule has 3 aromatic rings. The zero-order chi connectivity index (χ0) is 26.6. The van der Waals surface area contributed by atoms with Crippen LogP contribution < -0.4 is 4.90 Å². The molecule has 1 saturated carbocycles. The number of carbonyl (C=O) groups is 2. The smallest absolute Gasteiger partial charge is 0.242 e. The minimum absolute atomic E-state index is 0.0149. The molecular weight excluding hydrogens is 521 g/mol. The van der Waals surface area contributed by atoms with Crippen LogP contribution in [0.3, 0.4) is 0 Å². The van der Waals surface area contributed by atoms with Crippen molar-refractivity contribution in [3.63, 3.8) is 0 Å². The highest BCUT2D eigenvalue weighted by Crippen LogP contribution is 2.32. The van der Waals surface area contributed by atoms with Crippen LogP contribution in [-0.4, -0.2) is 64.5 Å². The number of nitrogens with zero attached hydrogens (tertiary/aromatic N) is 5. The molecule has 1 aliphatic heterocycles. The predicted molar refractivity (Wildman–Crippen MR) is 150 cm³/mol. The molecule has 9 heteroatoms. The number of benzene rings is 2. The Balaban J connectivity index is 1.21. The van der Waals surface area contributed by atoms with Gasteiger partial charge in [-0.3, -0.25) is 9.59 Å². The van der Waals surface area contributed by atoms with E-state index >= 15 is 0 Å². The van der Waals surface area contributed by atoms with Crippen LogP contribution in [0.1, 0.15) is 37.8 Å². The predicted octanol–water partition coefficient (Wildman–Crippen LogP) is 5.49. The molecule has 38 heavy (non-hydrogen) atoms. The fourth-order valence-corrected chi connectivity index (χ4v) is 5.48. The first-order chi connectivity index (χ1) is 18.4. The molecule has 2 fully saturated rings. The van der Waals surface area contributed by atoms with Gasteiger partial charge in [0.2, 0.25) is 11.8 Å². The topological polar surface area (TPSA) is 69.6 Å². The number of carbonyl (C=O) groups excluding carboxylic acids is 2. The molecule has 2 heterocycles. The van der Waals surface area contributed by atoms with Gasteiger partial charge in [-0.15, -0.1) is 10.2 Å². The lowest BCUT2D eigenvalue weighted by molar-refractivity contribution is -0.147. The standard InChI is InChI=1S/C29H31Cl2N5O2/c1-20(21-6-3-2-4-7-21)36(29(38)22-8-5-9-22)19-28(37)35-16-14-34(15-17-35)27-13-12-26(32-33-27)24-11-10-23(30)18-25(24)31/h2-4,6-7,10-13,18,20,22H,5,8-9,14-17,19H2,1H3/t20-/m0/s1. The summed E-state index contributed by atoms with van der Waals surface area (Å²) < 4.78 is 0. The van der Waals surface area contributed by atoms with Gasteiger partial charge in [0.05, 0.1) is 16.8 Å². The molecule has 198 valence electrons. The number of piperazine rings is 1. The van der Waals surface area contributed by atoms with Gasteiger partial charge >= 0.3 is 0 Å². The molecule has 0 unspecified atom stereocenters. The van der Waals surface area contributed by atoms with E-state index < -0.39 is 0 Å². The summed E-state index contributed by atoms with van der Waals surface area (Å²) in [5.41, 5.74) is 2.49. The zero-order valence-electron chi connectivity index (χ0n) is 21.4. The summed E-state index contributed by atoms with van der Waals surface area (Å²) in [5, 5.41) is 9.86. The van der Waals surface area contributed by atoms with Gasteiger partial charge in [0, 0.05) is 42.7 Å². The Hall–Kier alpha value is -3.16. The summed E-state index contributed by atoms with van der Waals surface area (Å²) in [6.45, 7) is 4.53. The van der Waals surface area contributed by atoms with E-state index in [4.69, 9.17) is 23.2 Å². The van der Waals surface area contributed by atoms with Crippen LogP contribution in [0.2, 0.25) is 10.0 Å². The van der Waals surface area contributed by atoms with Crippen molar-refractivity contribution < 1.29 is 9.59 Å². The SMILES string of the molecule is C[C@@H](c1ccccc1)N(CC(=O)N1CCN(c2ccc(-c3ccc(Cl)cc3Cl)nn2)CC1)C(=O)C1CCC1. The van der Waals surface area contributed by atoms with Crippen LogP contribution in [0.15, 0.2) is 60.7 Å². The first-order valence-electron chi connectivity index (χ1n) is 13.1. The van der Waals surface area contributed by atoms with E-state index in [2.05, 4.69) is 15.1 Å². The first-order valence-corrected chi connectivity index (χ1v) is 13.8. The van der Waals surface area contributed by atoms with Crippen molar-refractivity contribution in [3.8, 4) is 11.3 Å². The number of anilines is 1. The molecule has 2 aromatic carbocycles. The highest BCUT2D eigenvalue weighted by Gasteiger charge is 2.34. The lowest BCUT2D eigenvalue weighted by Gasteiger charge is -2.39. The third kappa shape index (κ3) is 5.79. The highest BCUT2D eigenvalue weighted by molar-refractivity contribution is 6.36. The lowest BCUT2D eigenvalue weighted by Crippen LogP contribution is -2.53. The Morgan fingerprint density at radius 2 is 1.71 bits per heavy atom. The van der Waals surface area contributed by atoms with Crippen molar-refractivity contribution in [2.75, 3.05) is 37.6 Å². The summed E-state index contributed by atoms with van der Waals surface area (Å²) in [7, 11) is 0. The molecule has 0 bridgehead atoms. The van der Waals surface area contributed by atoms with E-state index in [1.165, 1.54) is 0 Å². The number of amides is 2. The number of halogens is 2. The normalized spacial score (nSPS) is 16.6. The maximum absolute atomic E-state index is 13.3. The van der Waals surface area contributed by atoms with Gasteiger partial charge < -0.3 is 14.7 Å². The molecular formula is C29H31Cl2N5O2. The van der Waals surface area contributed by atoms with Gasteiger partial charge in [-0.2, -0.15) is 0 Å². The van der Waals surface area contributed by atoms with Gasteiger partial charge in [0.25, 0.3) is 0 Å². The Bertz CT molecular complexity index is 1280. The molecule has 7 nitrogen and oxygen atoms in total. The summed E-state index contributed by atoms with van der Waals surface area (Å²) in [4.78, 5) is 32.4. The first kappa shape index (κ1) is 26.4. The third-order valence-corrected chi connectivity index (χ3v) is 8.15. The molecule has 0 spiro atoms. The van der Waals surface area contributed by atoms with Crippen molar-refractivity contribution in [1.82, 2.24) is 20.0 Å². The third-order valence-electron chi connectivity index (χ3n) is 7.61. The number of hydrogen-bond acceptors (Lipinski definition) is 5.